The molecule has 3 heterocycles. The zero-order valence-electron chi connectivity index (χ0n) is 72.0. The van der Waals surface area contributed by atoms with Crippen molar-refractivity contribution in [3.8, 4) is 0 Å². The highest BCUT2D eigenvalue weighted by molar-refractivity contribution is 5.76. The van der Waals surface area contributed by atoms with E-state index in [2.05, 4.69) is 129 Å². The van der Waals surface area contributed by atoms with Crippen LogP contribution < -0.4 is 5.32 Å². The van der Waals surface area contributed by atoms with Gasteiger partial charge in [0.1, 0.15) is 73.2 Å². The van der Waals surface area contributed by atoms with Crippen molar-refractivity contribution in [1.29, 1.82) is 0 Å². The minimum Gasteiger partial charge on any atom is -0.394 e. The SMILES string of the molecule is CC/C=C\C/C=C\C/C=C\C/C=C\C/C=C\C/C=C\C/C=C\C/C=C\C/C=C\CCCCCCCCCCCCCC(=O)NC(COC1OC(CO)C(OC2OC(CO)C(OC3OC(CO)C(O)C(O)C3O)C(O)C2O)C(O)C1O)C(O)CCCCCCCCCCCCCCCCCCCCCCCCCCCCCCCCC. The molecule has 0 aromatic rings. The summed E-state index contributed by atoms with van der Waals surface area (Å²) in [7, 11) is 0. The van der Waals surface area contributed by atoms with Crippen LogP contribution in [0.25, 0.3) is 0 Å². The number of ether oxygens (including phenoxy) is 6. The summed E-state index contributed by atoms with van der Waals surface area (Å²) in [6, 6.07) is -0.898. The first-order valence-electron chi connectivity index (χ1n) is 46.6. The number of rotatable bonds is 75. The molecule has 1 amide bonds. The molecule has 3 rings (SSSR count). The summed E-state index contributed by atoms with van der Waals surface area (Å²) in [5.41, 5.74) is 0. The maximum absolute atomic E-state index is 13.6. The van der Waals surface area contributed by atoms with E-state index in [1.807, 2.05) is 0 Å². The first-order chi connectivity index (χ1) is 56.3. The normalized spacial score (nSPS) is 25.1. The quantitative estimate of drug-likeness (QED) is 0.0199. The Morgan fingerprint density at radius 2 is 0.600 bits per heavy atom. The summed E-state index contributed by atoms with van der Waals surface area (Å²) >= 11 is 0. The highest BCUT2D eigenvalue weighted by Crippen LogP contribution is 2.34. The van der Waals surface area contributed by atoms with Gasteiger partial charge in [0.05, 0.1) is 38.6 Å². The summed E-state index contributed by atoms with van der Waals surface area (Å²) in [6.07, 6.45) is 77.6. The highest BCUT2D eigenvalue weighted by atomic mass is 16.8. The number of hydrogen-bond donors (Lipinski definition) is 12. The minimum atomic E-state index is -1.98. The van der Waals surface area contributed by atoms with Gasteiger partial charge in [0.2, 0.25) is 5.91 Å². The van der Waals surface area contributed by atoms with Crippen molar-refractivity contribution in [2.24, 2.45) is 0 Å². The molecule has 3 saturated heterocycles. The van der Waals surface area contributed by atoms with Gasteiger partial charge in [-0.15, -0.1) is 0 Å². The second-order valence-electron chi connectivity index (χ2n) is 32.7. The fourth-order valence-electron chi connectivity index (χ4n) is 15.3. The van der Waals surface area contributed by atoms with Gasteiger partial charge in [-0.05, 0) is 83.5 Å². The van der Waals surface area contributed by atoms with Crippen LogP contribution in [-0.2, 0) is 33.2 Å². The zero-order chi connectivity index (χ0) is 83.1. The molecule has 19 heteroatoms. The molecule has 3 aliphatic rings. The Balaban J connectivity index is 1.32. The smallest absolute Gasteiger partial charge is 0.220 e. The van der Waals surface area contributed by atoms with Crippen molar-refractivity contribution in [2.75, 3.05) is 26.4 Å². The molecule has 0 aromatic heterocycles. The molecule has 19 nitrogen and oxygen atoms in total. The van der Waals surface area contributed by atoms with Crippen LogP contribution in [-0.4, -0.2) is 193 Å². The van der Waals surface area contributed by atoms with E-state index in [4.69, 9.17) is 28.4 Å². The monoisotopic (exact) mass is 1620 g/mol. The second-order valence-corrected chi connectivity index (χ2v) is 32.7. The Hall–Kier alpha value is -3.55. The van der Waals surface area contributed by atoms with Crippen molar-refractivity contribution in [3.05, 3.63) is 109 Å². The molecule has 666 valence electrons. The lowest BCUT2D eigenvalue weighted by molar-refractivity contribution is -0.379. The molecule has 0 radical (unpaired) electrons. The third kappa shape index (κ3) is 52.4. The van der Waals surface area contributed by atoms with E-state index >= 15 is 0 Å². The Labute approximate surface area is 697 Å². The fraction of sp³-hybridized carbons (Fsp3) is 0.802. The number of carbonyl (C=O) groups excluding carboxylic acids is 1. The van der Waals surface area contributed by atoms with E-state index in [1.54, 1.807) is 0 Å². The summed E-state index contributed by atoms with van der Waals surface area (Å²) in [5, 5.41) is 121. The van der Waals surface area contributed by atoms with E-state index < -0.39 is 124 Å². The first kappa shape index (κ1) is 106. The molecule has 3 fully saturated rings. The summed E-state index contributed by atoms with van der Waals surface area (Å²) in [4.78, 5) is 13.6. The minimum absolute atomic E-state index is 0.245. The van der Waals surface area contributed by atoms with Crippen LogP contribution in [0.15, 0.2) is 109 Å². The predicted molar refractivity (Wildman–Crippen MR) is 466 cm³/mol. The molecule has 0 bridgehead atoms. The number of aliphatic hydroxyl groups excluding tert-OH is 11. The van der Waals surface area contributed by atoms with Crippen LogP contribution in [0.4, 0.5) is 0 Å². The number of carbonyl (C=O) groups is 1. The lowest BCUT2D eigenvalue weighted by Gasteiger charge is -2.48. The van der Waals surface area contributed by atoms with Gasteiger partial charge in [-0.3, -0.25) is 4.79 Å². The molecule has 17 atom stereocenters. The Kier molecular flexibility index (Phi) is 68.2. The van der Waals surface area contributed by atoms with Crippen LogP contribution in [0.2, 0.25) is 0 Å². The van der Waals surface area contributed by atoms with Crippen LogP contribution in [0.1, 0.15) is 361 Å². The molecular weight excluding hydrogens is 1460 g/mol. The molecule has 0 aromatic carbocycles. The maximum atomic E-state index is 13.6. The molecule has 0 saturated carbocycles. The standard InChI is InChI=1S/C96H169NO18/c1-3-5-7-9-11-13-15-17-19-21-23-25-27-29-31-33-35-36-37-38-39-40-41-42-44-46-48-50-52-54-56-58-60-62-64-66-68-70-72-74-84(102)97-79(80(101)73-71-69-67-65-63-61-59-57-55-53-51-49-47-45-43-34-32-30-28-26-24-22-20-18-16-14-12-10-8-6-4-2)78-110-94-90(108)87(105)92(82(76-99)112-94)115-96-91(109)88(106)93(83(77-100)113-96)114-95-89(107)86(104)85(103)81(75-98)111-95/h5,7,11,13,17,19,23,25,29,31,35-36,38-39,41-42,46,48,79-83,85-96,98-101,103-109H,3-4,6,8-10,12,14-16,18,20-22,24,26-28,30,32-34,37,40,43-45,47,49-78H2,1-2H3,(H,97,102)/b7-5-,13-11-,19-17-,25-23-,31-29-,36-35-,39-38-,42-41-,48-46-. The lowest BCUT2D eigenvalue weighted by Crippen LogP contribution is -2.66. The molecular formula is C96H169NO18. The van der Waals surface area contributed by atoms with Gasteiger partial charge in [0.25, 0.3) is 0 Å². The fourth-order valence-corrected chi connectivity index (χ4v) is 15.3. The number of amides is 1. The van der Waals surface area contributed by atoms with Gasteiger partial charge in [0, 0.05) is 6.42 Å². The molecule has 0 spiro atoms. The first-order valence-corrected chi connectivity index (χ1v) is 46.6. The third-order valence-corrected chi connectivity index (χ3v) is 22.6. The Morgan fingerprint density at radius 3 is 0.939 bits per heavy atom. The van der Waals surface area contributed by atoms with E-state index in [-0.39, 0.29) is 18.9 Å². The average Bonchev–Trinajstić information content (AvgIpc) is 0.779. The maximum Gasteiger partial charge on any atom is 0.220 e. The summed E-state index contributed by atoms with van der Waals surface area (Å²) in [5.74, 6) is -0.245. The van der Waals surface area contributed by atoms with Gasteiger partial charge in [-0.1, -0.05) is 380 Å². The number of nitrogens with one attached hydrogen (secondary N) is 1. The zero-order valence-corrected chi connectivity index (χ0v) is 72.0. The number of unbranched alkanes of at least 4 members (excludes halogenated alkanes) is 41. The molecule has 3 aliphatic heterocycles. The number of aliphatic hydroxyl groups is 11. The molecule has 12 N–H and O–H groups in total. The number of hydrogen-bond acceptors (Lipinski definition) is 18. The lowest BCUT2D eigenvalue weighted by atomic mass is 9.96. The van der Waals surface area contributed by atoms with Crippen molar-refractivity contribution in [3.63, 3.8) is 0 Å². The van der Waals surface area contributed by atoms with Crippen molar-refractivity contribution in [1.82, 2.24) is 5.32 Å². The van der Waals surface area contributed by atoms with E-state index in [9.17, 15) is 61.0 Å². The van der Waals surface area contributed by atoms with Crippen LogP contribution in [0, 0.1) is 0 Å². The van der Waals surface area contributed by atoms with Crippen molar-refractivity contribution < 1.29 is 89.4 Å². The van der Waals surface area contributed by atoms with Gasteiger partial charge in [-0.25, -0.2) is 0 Å². The van der Waals surface area contributed by atoms with Crippen LogP contribution in [0.5, 0.6) is 0 Å². The topological polar surface area (TPSA) is 307 Å². The van der Waals surface area contributed by atoms with E-state index in [0.717, 1.165) is 116 Å². The summed E-state index contributed by atoms with van der Waals surface area (Å²) in [6.45, 7) is 1.73. The summed E-state index contributed by atoms with van der Waals surface area (Å²) < 4.78 is 34.6. The van der Waals surface area contributed by atoms with Gasteiger partial charge in [-0.2, -0.15) is 0 Å². The van der Waals surface area contributed by atoms with Gasteiger partial charge < -0.3 is 89.9 Å². The molecule has 115 heavy (non-hydrogen) atoms. The van der Waals surface area contributed by atoms with E-state index in [0.29, 0.717) is 12.8 Å². The average molecular weight is 1630 g/mol. The second kappa shape index (κ2) is 74.3. The van der Waals surface area contributed by atoms with Crippen LogP contribution in [0.3, 0.4) is 0 Å². The Bertz CT molecular complexity index is 2500. The van der Waals surface area contributed by atoms with Crippen LogP contribution >= 0.6 is 0 Å². The third-order valence-electron chi connectivity index (χ3n) is 22.6. The van der Waals surface area contributed by atoms with Gasteiger partial charge >= 0.3 is 0 Å². The largest absolute Gasteiger partial charge is 0.394 e. The van der Waals surface area contributed by atoms with Crippen molar-refractivity contribution >= 4 is 5.91 Å². The van der Waals surface area contributed by atoms with Gasteiger partial charge in [0.15, 0.2) is 18.9 Å². The number of allylic oxidation sites excluding steroid dienone is 18. The predicted octanol–water partition coefficient (Wildman–Crippen LogP) is 18.4. The molecule has 0 aliphatic carbocycles. The highest BCUT2D eigenvalue weighted by Gasteiger charge is 2.54. The van der Waals surface area contributed by atoms with E-state index in [1.165, 1.54) is 212 Å². The molecule has 17 unspecified atom stereocenters. The Morgan fingerprint density at radius 1 is 0.322 bits per heavy atom. The van der Waals surface area contributed by atoms with Crippen molar-refractivity contribution in [2.45, 2.75) is 465 Å².